The Hall–Kier alpha value is -0.560. The van der Waals surface area contributed by atoms with Crippen LogP contribution in [0.25, 0.3) is 0 Å². The highest BCUT2D eigenvalue weighted by Crippen LogP contribution is 2.07. The van der Waals surface area contributed by atoms with Gasteiger partial charge in [0.1, 0.15) is 0 Å². The smallest absolute Gasteiger partial charge is 0.0492 e. The Morgan fingerprint density at radius 2 is 2.40 bits per heavy atom. The van der Waals surface area contributed by atoms with Crippen LogP contribution in [0.5, 0.6) is 0 Å². The number of rotatable bonds is 2. The van der Waals surface area contributed by atoms with Crippen LogP contribution in [0.3, 0.4) is 0 Å². The van der Waals surface area contributed by atoms with E-state index in [0.717, 1.165) is 17.7 Å². The molecular formula is C8H10ClN. The molecule has 0 fully saturated rings. The minimum absolute atomic E-state index is 0.566. The zero-order chi connectivity index (χ0) is 7.40. The topological polar surface area (TPSA) is 12.9 Å². The molecule has 0 aliphatic rings. The standard InChI is InChI=1S/C8H10ClN/c1-2-8-7(6-9)4-3-5-10-8/h3-5H,2,6H2,1H3. The average Bonchev–Trinajstić information content (AvgIpc) is 2.04. The van der Waals surface area contributed by atoms with Crippen molar-refractivity contribution in [2.75, 3.05) is 0 Å². The van der Waals surface area contributed by atoms with Crippen LogP contribution in [0.4, 0.5) is 0 Å². The van der Waals surface area contributed by atoms with Crippen molar-refractivity contribution >= 4 is 11.6 Å². The predicted octanol–water partition coefficient (Wildman–Crippen LogP) is 2.38. The van der Waals surface area contributed by atoms with Gasteiger partial charge in [0, 0.05) is 17.8 Å². The van der Waals surface area contributed by atoms with Gasteiger partial charge in [-0.25, -0.2) is 0 Å². The number of halogens is 1. The maximum atomic E-state index is 5.67. The maximum absolute atomic E-state index is 5.67. The molecule has 1 rings (SSSR count). The molecule has 1 heterocycles. The summed E-state index contributed by atoms with van der Waals surface area (Å²) in [6.07, 6.45) is 2.76. The van der Waals surface area contributed by atoms with Gasteiger partial charge in [-0.3, -0.25) is 4.98 Å². The van der Waals surface area contributed by atoms with Gasteiger partial charge in [0.25, 0.3) is 0 Å². The minimum atomic E-state index is 0.566. The molecule has 1 nitrogen and oxygen atoms in total. The first kappa shape index (κ1) is 7.55. The molecular weight excluding hydrogens is 146 g/mol. The van der Waals surface area contributed by atoms with Crippen molar-refractivity contribution < 1.29 is 0 Å². The molecule has 10 heavy (non-hydrogen) atoms. The van der Waals surface area contributed by atoms with E-state index in [2.05, 4.69) is 11.9 Å². The molecule has 1 aromatic rings. The summed E-state index contributed by atoms with van der Waals surface area (Å²) in [5.74, 6) is 0.566. The fraction of sp³-hybridized carbons (Fsp3) is 0.375. The van der Waals surface area contributed by atoms with E-state index in [1.54, 1.807) is 6.20 Å². The molecule has 0 saturated heterocycles. The first-order valence-electron chi connectivity index (χ1n) is 3.37. The third kappa shape index (κ3) is 1.48. The summed E-state index contributed by atoms with van der Waals surface area (Å²) in [5, 5.41) is 0. The molecule has 0 atom stereocenters. The third-order valence-corrected chi connectivity index (χ3v) is 1.75. The van der Waals surface area contributed by atoms with Crippen molar-refractivity contribution in [1.29, 1.82) is 0 Å². The van der Waals surface area contributed by atoms with E-state index in [1.807, 2.05) is 12.1 Å². The minimum Gasteiger partial charge on any atom is -0.261 e. The number of hydrogen-bond donors (Lipinski definition) is 0. The summed E-state index contributed by atoms with van der Waals surface area (Å²) in [5.41, 5.74) is 2.25. The Morgan fingerprint density at radius 1 is 1.60 bits per heavy atom. The summed E-state index contributed by atoms with van der Waals surface area (Å²) >= 11 is 5.67. The molecule has 1 aromatic heterocycles. The lowest BCUT2D eigenvalue weighted by Gasteiger charge is -2.00. The molecule has 0 saturated carbocycles. The SMILES string of the molecule is CCc1ncccc1CCl. The molecule has 54 valence electrons. The predicted molar refractivity (Wildman–Crippen MR) is 43.2 cm³/mol. The second-order valence-corrected chi connectivity index (χ2v) is 2.36. The highest BCUT2D eigenvalue weighted by Gasteiger charge is 1.96. The second-order valence-electron chi connectivity index (χ2n) is 2.10. The van der Waals surface area contributed by atoms with Gasteiger partial charge in [-0.2, -0.15) is 0 Å². The molecule has 0 aromatic carbocycles. The van der Waals surface area contributed by atoms with Crippen LogP contribution >= 0.6 is 11.6 Å². The van der Waals surface area contributed by atoms with Gasteiger partial charge in [0.2, 0.25) is 0 Å². The molecule has 0 aliphatic carbocycles. The van der Waals surface area contributed by atoms with Gasteiger partial charge in [-0.05, 0) is 18.1 Å². The normalized spacial score (nSPS) is 9.80. The molecule has 0 aliphatic heterocycles. The number of hydrogen-bond acceptors (Lipinski definition) is 1. The van der Waals surface area contributed by atoms with E-state index in [1.165, 1.54) is 0 Å². The maximum Gasteiger partial charge on any atom is 0.0492 e. The highest BCUT2D eigenvalue weighted by molar-refractivity contribution is 6.17. The van der Waals surface area contributed by atoms with Crippen molar-refractivity contribution in [3.63, 3.8) is 0 Å². The zero-order valence-corrected chi connectivity index (χ0v) is 6.73. The highest BCUT2D eigenvalue weighted by atomic mass is 35.5. The van der Waals surface area contributed by atoms with Crippen LogP contribution in [0.15, 0.2) is 18.3 Å². The molecule has 0 bridgehead atoms. The Balaban J connectivity index is 2.96. The monoisotopic (exact) mass is 155 g/mol. The summed E-state index contributed by atoms with van der Waals surface area (Å²) in [4.78, 5) is 4.18. The summed E-state index contributed by atoms with van der Waals surface area (Å²) in [6, 6.07) is 3.93. The van der Waals surface area contributed by atoms with Crippen LogP contribution in [0.1, 0.15) is 18.2 Å². The fourth-order valence-electron chi connectivity index (χ4n) is 0.911. The van der Waals surface area contributed by atoms with E-state index in [0.29, 0.717) is 5.88 Å². The van der Waals surface area contributed by atoms with Gasteiger partial charge < -0.3 is 0 Å². The van der Waals surface area contributed by atoms with Gasteiger partial charge in [-0.15, -0.1) is 11.6 Å². The Morgan fingerprint density at radius 3 is 2.90 bits per heavy atom. The van der Waals surface area contributed by atoms with E-state index in [4.69, 9.17) is 11.6 Å². The van der Waals surface area contributed by atoms with Crippen LogP contribution in [0.2, 0.25) is 0 Å². The Bertz CT molecular complexity index is 187. The van der Waals surface area contributed by atoms with Crippen LogP contribution in [-0.4, -0.2) is 4.98 Å². The Kier molecular flexibility index (Phi) is 2.69. The number of alkyl halides is 1. The fourth-order valence-corrected chi connectivity index (χ4v) is 1.15. The number of aromatic nitrogens is 1. The van der Waals surface area contributed by atoms with Gasteiger partial charge in [0.15, 0.2) is 0 Å². The van der Waals surface area contributed by atoms with Gasteiger partial charge >= 0.3 is 0 Å². The van der Waals surface area contributed by atoms with E-state index < -0.39 is 0 Å². The van der Waals surface area contributed by atoms with E-state index >= 15 is 0 Å². The van der Waals surface area contributed by atoms with Crippen molar-refractivity contribution in [1.82, 2.24) is 4.98 Å². The molecule has 0 spiro atoms. The van der Waals surface area contributed by atoms with Crippen molar-refractivity contribution in [2.24, 2.45) is 0 Å². The van der Waals surface area contributed by atoms with Crippen LogP contribution < -0.4 is 0 Å². The van der Waals surface area contributed by atoms with E-state index in [-0.39, 0.29) is 0 Å². The lowest BCUT2D eigenvalue weighted by molar-refractivity contribution is 1.00. The van der Waals surface area contributed by atoms with Crippen molar-refractivity contribution in [2.45, 2.75) is 19.2 Å². The largest absolute Gasteiger partial charge is 0.261 e. The number of nitrogens with zero attached hydrogens (tertiary/aromatic N) is 1. The first-order valence-corrected chi connectivity index (χ1v) is 3.90. The lowest BCUT2D eigenvalue weighted by Crippen LogP contribution is -1.91. The lowest BCUT2D eigenvalue weighted by atomic mass is 10.2. The number of aryl methyl sites for hydroxylation is 1. The summed E-state index contributed by atoms with van der Waals surface area (Å²) < 4.78 is 0. The van der Waals surface area contributed by atoms with E-state index in [9.17, 15) is 0 Å². The third-order valence-electron chi connectivity index (χ3n) is 1.46. The average molecular weight is 156 g/mol. The Labute approximate surface area is 66.0 Å². The molecule has 2 heteroatoms. The van der Waals surface area contributed by atoms with Gasteiger partial charge in [0.05, 0.1) is 0 Å². The molecule has 0 amide bonds. The van der Waals surface area contributed by atoms with Crippen molar-refractivity contribution in [3.05, 3.63) is 29.6 Å². The number of pyridine rings is 1. The quantitative estimate of drug-likeness (QED) is 0.598. The summed E-state index contributed by atoms with van der Waals surface area (Å²) in [7, 11) is 0. The van der Waals surface area contributed by atoms with Crippen molar-refractivity contribution in [3.8, 4) is 0 Å². The second kappa shape index (κ2) is 3.57. The van der Waals surface area contributed by atoms with Gasteiger partial charge in [-0.1, -0.05) is 13.0 Å². The first-order chi connectivity index (χ1) is 4.88. The summed E-state index contributed by atoms with van der Waals surface area (Å²) in [6.45, 7) is 2.08. The van der Waals surface area contributed by atoms with Crippen LogP contribution in [-0.2, 0) is 12.3 Å². The molecule has 0 N–H and O–H groups in total. The van der Waals surface area contributed by atoms with Crippen LogP contribution in [0, 0.1) is 0 Å². The molecule has 0 radical (unpaired) electrons. The zero-order valence-electron chi connectivity index (χ0n) is 5.97. The molecule has 0 unspecified atom stereocenters.